The van der Waals surface area contributed by atoms with Crippen molar-refractivity contribution in [2.24, 2.45) is 0 Å². The van der Waals surface area contributed by atoms with Gasteiger partial charge < -0.3 is 10.1 Å². The monoisotopic (exact) mass is 371 g/mol. The van der Waals surface area contributed by atoms with Crippen LogP contribution in [-0.4, -0.2) is 23.7 Å². The van der Waals surface area contributed by atoms with Gasteiger partial charge in [-0.3, -0.25) is 4.79 Å². The van der Waals surface area contributed by atoms with Gasteiger partial charge in [-0.15, -0.1) is 11.8 Å². The van der Waals surface area contributed by atoms with Gasteiger partial charge in [-0.05, 0) is 45.4 Å². The van der Waals surface area contributed by atoms with Crippen LogP contribution in [0.4, 0.5) is 0 Å². The van der Waals surface area contributed by atoms with E-state index in [4.69, 9.17) is 4.74 Å². The molecular weight excluding hydrogens is 346 g/mol. The molecule has 0 radical (unpaired) electrons. The molecule has 1 amide bonds. The lowest BCUT2D eigenvalue weighted by Crippen LogP contribution is -2.31. The Morgan fingerprint density at radius 3 is 2.38 bits per heavy atom. The average molecular weight is 372 g/mol. The highest BCUT2D eigenvalue weighted by atomic mass is 32.2. The summed E-state index contributed by atoms with van der Waals surface area (Å²) in [6.07, 6.45) is 0. The molecule has 2 aromatic rings. The predicted octanol–water partition coefficient (Wildman–Crippen LogP) is 4.28. The van der Waals surface area contributed by atoms with Crippen LogP contribution in [0.25, 0.3) is 0 Å². The molecule has 0 bridgehead atoms. The van der Waals surface area contributed by atoms with E-state index in [0.29, 0.717) is 5.56 Å². The molecule has 0 spiro atoms. The standard InChI is InChI=1S/C21H25NO3S/c1-14(2)22-20(23)13-26-19-8-6-5-7-18(19)21(24)25-12-17-10-15(3)9-16(4)11-17/h5-11,14H,12-13H2,1-4H3,(H,22,23). The Kier molecular flexibility index (Phi) is 7.27. The van der Waals surface area contributed by atoms with E-state index in [1.54, 1.807) is 12.1 Å². The van der Waals surface area contributed by atoms with Gasteiger partial charge in [0.2, 0.25) is 5.91 Å². The second kappa shape index (κ2) is 9.43. The van der Waals surface area contributed by atoms with E-state index in [0.717, 1.165) is 21.6 Å². The predicted molar refractivity (Wildman–Crippen MR) is 105 cm³/mol. The topological polar surface area (TPSA) is 55.4 Å². The first-order chi connectivity index (χ1) is 12.3. The summed E-state index contributed by atoms with van der Waals surface area (Å²) in [6, 6.07) is 13.4. The zero-order chi connectivity index (χ0) is 19.1. The maximum absolute atomic E-state index is 12.5. The van der Waals surface area contributed by atoms with Gasteiger partial charge in [0.15, 0.2) is 0 Å². The highest BCUT2D eigenvalue weighted by molar-refractivity contribution is 8.00. The van der Waals surface area contributed by atoms with E-state index in [2.05, 4.69) is 11.4 Å². The third-order valence-corrected chi connectivity index (χ3v) is 4.64. The number of hydrogen-bond acceptors (Lipinski definition) is 4. The van der Waals surface area contributed by atoms with Gasteiger partial charge in [0.25, 0.3) is 0 Å². The van der Waals surface area contributed by atoms with Crippen molar-refractivity contribution in [2.45, 2.75) is 45.2 Å². The van der Waals surface area contributed by atoms with Gasteiger partial charge in [-0.25, -0.2) is 4.79 Å². The fourth-order valence-electron chi connectivity index (χ4n) is 2.65. The number of amides is 1. The van der Waals surface area contributed by atoms with E-state index in [1.807, 2.05) is 52.0 Å². The van der Waals surface area contributed by atoms with E-state index in [-0.39, 0.29) is 30.3 Å². The molecule has 1 N–H and O–H groups in total. The maximum Gasteiger partial charge on any atom is 0.339 e. The summed E-state index contributed by atoms with van der Waals surface area (Å²) in [4.78, 5) is 25.1. The van der Waals surface area contributed by atoms with Gasteiger partial charge >= 0.3 is 5.97 Å². The maximum atomic E-state index is 12.5. The van der Waals surface area contributed by atoms with Crippen LogP contribution in [0.5, 0.6) is 0 Å². The lowest BCUT2D eigenvalue weighted by Gasteiger charge is -2.11. The van der Waals surface area contributed by atoms with Crippen molar-refractivity contribution in [3.05, 3.63) is 64.7 Å². The third kappa shape index (κ3) is 6.23. The summed E-state index contributed by atoms with van der Waals surface area (Å²) >= 11 is 1.34. The molecule has 0 unspecified atom stereocenters. The Hall–Kier alpha value is -2.27. The summed E-state index contributed by atoms with van der Waals surface area (Å²) in [7, 11) is 0. The highest BCUT2D eigenvalue weighted by Crippen LogP contribution is 2.23. The van der Waals surface area contributed by atoms with E-state index in [9.17, 15) is 9.59 Å². The molecule has 26 heavy (non-hydrogen) atoms. The normalized spacial score (nSPS) is 10.7. The van der Waals surface area contributed by atoms with Crippen LogP contribution in [0.1, 0.15) is 40.9 Å². The smallest absolute Gasteiger partial charge is 0.339 e. The van der Waals surface area contributed by atoms with Crippen molar-refractivity contribution in [2.75, 3.05) is 5.75 Å². The molecule has 0 aliphatic heterocycles. The van der Waals surface area contributed by atoms with Crippen LogP contribution >= 0.6 is 11.8 Å². The van der Waals surface area contributed by atoms with Crippen LogP contribution < -0.4 is 5.32 Å². The average Bonchev–Trinajstić information content (AvgIpc) is 2.56. The quantitative estimate of drug-likeness (QED) is 0.583. The van der Waals surface area contributed by atoms with Gasteiger partial charge in [0, 0.05) is 10.9 Å². The molecular formula is C21H25NO3S. The summed E-state index contributed by atoms with van der Waals surface area (Å²) in [5.74, 6) is -0.167. The van der Waals surface area contributed by atoms with E-state index < -0.39 is 0 Å². The largest absolute Gasteiger partial charge is 0.457 e. The minimum Gasteiger partial charge on any atom is -0.457 e. The second-order valence-corrected chi connectivity index (χ2v) is 7.60. The molecule has 2 rings (SSSR count). The molecule has 0 heterocycles. The van der Waals surface area contributed by atoms with Crippen molar-refractivity contribution in [3.8, 4) is 0 Å². The minimum absolute atomic E-state index is 0.0524. The Morgan fingerprint density at radius 1 is 1.08 bits per heavy atom. The minimum atomic E-state index is -0.378. The van der Waals surface area contributed by atoms with Crippen molar-refractivity contribution in [1.29, 1.82) is 0 Å². The molecule has 0 saturated heterocycles. The molecule has 0 aliphatic rings. The molecule has 0 aromatic heterocycles. The lowest BCUT2D eigenvalue weighted by atomic mass is 10.1. The summed E-state index contributed by atoms with van der Waals surface area (Å²) < 4.78 is 5.48. The Bertz CT molecular complexity index is 766. The number of aryl methyl sites for hydroxylation is 2. The number of esters is 1. The summed E-state index contributed by atoms with van der Waals surface area (Å²) in [6.45, 7) is 8.11. The summed E-state index contributed by atoms with van der Waals surface area (Å²) in [5.41, 5.74) is 3.74. The van der Waals surface area contributed by atoms with Crippen LogP contribution in [0.2, 0.25) is 0 Å². The van der Waals surface area contributed by atoms with Gasteiger partial charge in [-0.2, -0.15) is 0 Å². The fraction of sp³-hybridized carbons (Fsp3) is 0.333. The SMILES string of the molecule is Cc1cc(C)cc(COC(=O)c2ccccc2SCC(=O)NC(C)C)c1. The van der Waals surface area contributed by atoms with Gasteiger partial charge in [0.1, 0.15) is 6.61 Å². The number of thioether (sulfide) groups is 1. The molecule has 5 heteroatoms. The zero-order valence-corrected chi connectivity index (χ0v) is 16.5. The van der Waals surface area contributed by atoms with Gasteiger partial charge in [0.05, 0.1) is 11.3 Å². The first-order valence-electron chi connectivity index (χ1n) is 8.60. The molecule has 4 nitrogen and oxygen atoms in total. The second-order valence-electron chi connectivity index (χ2n) is 6.58. The summed E-state index contributed by atoms with van der Waals surface area (Å²) in [5, 5.41) is 2.84. The highest BCUT2D eigenvalue weighted by Gasteiger charge is 2.14. The molecule has 138 valence electrons. The number of ether oxygens (including phenoxy) is 1. The molecule has 0 atom stereocenters. The third-order valence-electron chi connectivity index (χ3n) is 3.57. The Balaban J connectivity index is 2.01. The number of carbonyl (C=O) groups is 2. The fourth-order valence-corrected chi connectivity index (χ4v) is 3.50. The first kappa shape index (κ1) is 20.0. The van der Waals surface area contributed by atoms with Crippen LogP contribution in [-0.2, 0) is 16.1 Å². The Labute approximate surface area is 159 Å². The lowest BCUT2D eigenvalue weighted by molar-refractivity contribution is -0.119. The number of hydrogen-bond donors (Lipinski definition) is 1. The Morgan fingerprint density at radius 2 is 1.73 bits per heavy atom. The van der Waals surface area contributed by atoms with Crippen LogP contribution in [0.3, 0.4) is 0 Å². The van der Waals surface area contributed by atoms with E-state index in [1.165, 1.54) is 11.8 Å². The molecule has 0 saturated carbocycles. The number of rotatable bonds is 7. The number of nitrogens with one attached hydrogen (secondary N) is 1. The van der Waals surface area contributed by atoms with Crippen molar-refractivity contribution >= 4 is 23.6 Å². The molecule has 0 fully saturated rings. The van der Waals surface area contributed by atoms with E-state index >= 15 is 0 Å². The van der Waals surface area contributed by atoms with Gasteiger partial charge in [-0.1, -0.05) is 41.5 Å². The number of benzene rings is 2. The molecule has 0 aliphatic carbocycles. The molecule has 2 aromatic carbocycles. The van der Waals surface area contributed by atoms with Crippen LogP contribution in [0, 0.1) is 13.8 Å². The van der Waals surface area contributed by atoms with Crippen molar-refractivity contribution in [1.82, 2.24) is 5.32 Å². The first-order valence-corrected chi connectivity index (χ1v) is 9.59. The number of carbonyl (C=O) groups excluding carboxylic acids is 2. The zero-order valence-electron chi connectivity index (χ0n) is 15.7. The van der Waals surface area contributed by atoms with Crippen molar-refractivity contribution in [3.63, 3.8) is 0 Å². The van der Waals surface area contributed by atoms with Crippen LogP contribution in [0.15, 0.2) is 47.4 Å². The van der Waals surface area contributed by atoms with Crippen molar-refractivity contribution < 1.29 is 14.3 Å².